The van der Waals surface area contributed by atoms with E-state index in [0.29, 0.717) is 0 Å². The van der Waals surface area contributed by atoms with Crippen molar-refractivity contribution >= 4 is 38.5 Å². The lowest BCUT2D eigenvalue weighted by Gasteiger charge is -2.00. The van der Waals surface area contributed by atoms with Gasteiger partial charge in [-0.15, -0.1) is 0 Å². The third-order valence-corrected chi connectivity index (χ3v) is 3.73. The van der Waals surface area contributed by atoms with Crippen LogP contribution in [0.1, 0.15) is 64.2 Å². The number of hydrogen-bond donors (Lipinski definition) is 0. The summed E-state index contributed by atoms with van der Waals surface area (Å²) >= 11 is 5.76. The molecule has 0 nitrogen and oxygen atoms in total. The smallest absolute Gasteiger partial charge is 0.000473 e. The fraction of sp³-hybridized carbons (Fsp3) is 0.846. The van der Waals surface area contributed by atoms with Crippen LogP contribution >= 0.6 is 38.5 Å². The van der Waals surface area contributed by atoms with E-state index in [1.165, 1.54) is 68.6 Å². The zero-order valence-corrected chi connectivity index (χ0v) is 13.4. The summed E-state index contributed by atoms with van der Waals surface area (Å²) in [6.07, 6.45) is 16.3. The first-order valence-corrected chi connectivity index (χ1v) is 8.67. The minimum absolute atomic E-state index is 1.24. The Labute approximate surface area is 118 Å². The van der Waals surface area contributed by atoms with Gasteiger partial charge in [0.1, 0.15) is 0 Å². The number of alkyl halides is 1. The Morgan fingerprint density at radius 1 is 0.733 bits per heavy atom. The van der Waals surface area contributed by atoms with Gasteiger partial charge < -0.3 is 0 Å². The summed E-state index contributed by atoms with van der Waals surface area (Å²) in [4.78, 5) is 1.97. The Morgan fingerprint density at radius 3 is 1.67 bits per heavy atom. The molecule has 0 aliphatic heterocycles. The summed E-state index contributed by atoms with van der Waals surface area (Å²) in [5.41, 5.74) is 0. The van der Waals surface area contributed by atoms with Crippen molar-refractivity contribution in [1.82, 2.24) is 0 Å². The highest BCUT2D eigenvalue weighted by Crippen LogP contribution is 2.11. The quantitative estimate of drug-likeness (QED) is 0.224. The van der Waals surface area contributed by atoms with Crippen LogP contribution in [-0.2, 0) is 0 Å². The van der Waals surface area contributed by atoms with Crippen LogP contribution in [0.5, 0.6) is 0 Å². The molecule has 0 aliphatic rings. The molecule has 2 heteroatoms. The molecule has 0 saturated heterocycles. The van der Waals surface area contributed by atoms with Crippen LogP contribution in [0.2, 0.25) is 0 Å². The molecule has 0 aromatic heterocycles. The lowest BCUT2D eigenvalue weighted by molar-refractivity contribution is 0.568. The summed E-state index contributed by atoms with van der Waals surface area (Å²) in [5, 5.41) is 0. The maximum absolute atomic E-state index is 3.29. The first kappa shape index (κ1) is 16.0. The average molecular weight is 387 g/mol. The highest BCUT2D eigenvalue weighted by molar-refractivity contribution is 14.1. The maximum Gasteiger partial charge on any atom is -0.000473 e. The fourth-order valence-corrected chi connectivity index (χ4v) is 2.46. The van der Waals surface area contributed by atoms with Gasteiger partial charge in [-0.05, 0) is 28.7 Å². The van der Waals surface area contributed by atoms with Crippen LogP contribution < -0.4 is 0 Å². The molecule has 0 radical (unpaired) electrons. The molecule has 0 aliphatic carbocycles. The van der Waals surface area contributed by atoms with E-state index in [-0.39, 0.29) is 0 Å². The van der Waals surface area contributed by atoms with E-state index in [2.05, 4.69) is 44.6 Å². The minimum atomic E-state index is 1.24. The molecule has 0 spiro atoms. The van der Waals surface area contributed by atoms with Crippen LogP contribution in [0.3, 0.4) is 0 Å². The fourth-order valence-electron chi connectivity index (χ4n) is 1.66. The lowest BCUT2D eigenvalue weighted by atomic mass is 10.1. The van der Waals surface area contributed by atoms with Crippen molar-refractivity contribution in [1.29, 1.82) is 0 Å². The van der Waals surface area contributed by atoms with Gasteiger partial charge in [0, 0.05) is 0 Å². The third kappa shape index (κ3) is 14.9. The highest BCUT2D eigenvalue weighted by Gasteiger charge is 1.91. The van der Waals surface area contributed by atoms with Crippen molar-refractivity contribution in [2.75, 3.05) is 4.43 Å². The van der Waals surface area contributed by atoms with E-state index in [1.54, 1.807) is 0 Å². The molecular weight excluding hydrogens is 363 g/mol. The van der Waals surface area contributed by atoms with Gasteiger partial charge in [0.2, 0.25) is 0 Å². The summed E-state index contributed by atoms with van der Waals surface area (Å²) in [6, 6.07) is 0. The molecule has 0 aromatic carbocycles. The second-order valence-electron chi connectivity index (χ2n) is 4.02. The SMILES string of the molecule is Br/C=C\CCCCCCCCCCCI. The largest absolute Gasteiger partial charge is 0.0864 e. The van der Waals surface area contributed by atoms with Crippen molar-refractivity contribution in [2.45, 2.75) is 64.2 Å². The maximum atomic E-state index is 3.29. The molecule has 0 N–H and O–H groups in total. The van der Waals surface area contributed by atoms with E-state index >= 15 is 0 Å². The van der Waals surface area contributed by atoms with Crippen LogP contribution in [0.15, 0.2) is 11.1 Å². The topological polar surface area (TPSA) is 0 Å². The molecule has 0 amide bonds. The lowest BCUT2D eigenvalue weighted by Crippen LogP contribution is -1.81. The average Bonchev–Trinajstić information content (AvgIpc) is 2.26. The summed E-state index contributed by atoms with van der Waals surface area (Å²) in [6.45, 7) is 0. The van der Waals surface area contributed by atoms with Gasteiger partial charge in [0.25, 0.3) is 0 Å². The van der Waals surface area contributed by atoms with Gasteiger partial charge in [0.15, 0.2) is 0 Å². The second kappa shape index (κ2) is 14.9. The first-order valence-electron chi connectivity index (χ1n) is 6.23. The first-order chi connectivity index (χ1) is 7.41. The molecule has 0 rings (SSSR count). The number of unbranched alkanes of at least 4 members (excludes halogenated alkanes) is 9. The molecule has 0 aromatic rings. The summed E-state index contributed by atoms with van der Waals surface area (Å²) in [5.74, 6) is 0. The molecule has 0 saturated carbocycles. The molecule has 15 heavy (non-hydrogen) atoms. The zero-order chi connectivity index (χ0) is 11.2. The van der Waals surface area contributed by atoms with E-state index < -0.39 is 0 Å². The summed E-state index contributed by atoms with van der Waals surface area (Å²) < 4.78 is 1.33. The predicted molar refractivity (Wildman–Crippen MR) is 83.1 cm³/mol. The standard InChI is InChI=1S/C13H24BrI/c14-12-10-8-6-4-2-1-3-5-7-9-11-13-15/h10,12H,1-9,11,13H2/b12-10-. The van der Waals surface area contributed by atoms with Crippen LogP contribution in [0.4, 0.5) is 0 Å². The van der Waals surface area contributed by atoms with Gasteiger partial charge in [-0.2, -0.15) is 0 Å². The van der Waals surface area contributed by atoms with Gasteiger partial charge in [-0.1, -0.05) is 89.5 Å². The Hall–Kier alpha value is 0.950. The van der Waals surface area contributed by atoms with Crippen molar-refractivity contribution < 1.29 is 0 Å². The zero-order valence-electron chi connectivity index (χ0n) is 9.69. The van der Waals surface area contributed by atoms with Crippen molar-refractivity contribution in [3.05, 3.63) is 11.1 Å². The molecule has 90 valence electrons. The Kier molecular flexibility index (Phi) is 15.9. The van der Waals surface area contributed by atoms with Crippen LogP contribution in [0, 0.1) is 0 Å². The monoisotopic (exact) mass is 386 g/mol. The van der Waals surface area contributed by atoms with Crippen molar-refractivity contribution in [3.63, 3.8) is 0 Å². The van der Waals surface area contributed by atoms with E-state index in [4.69, 9.17) is 0 Å². The molecule has 0 heterocycles. The predicted octanol–water partition coefficient (Wildman–Crippen LogP) is 6.23. The Balaban J connectivity index is 2.86. The number of halogens is 2. The van der Waals surface area contributed by atoms with Gasteiger partial charge in [-0.25, -0.2) is 0 Å². The van der Waals surface area contributed by atoms with Gasteiger partial charge in [-0.3, -0.25) is 0 Å². The van der Waals surface area contributed by atoms with E-state index in [0.717, 1.165) is 0 Å². The van der Waals surface area contributed by atoms with Gasteiger partial charge >= 0.3 is 0 Å². The molecule has 0 bridgehead atoms. The normalized spacial score (nSPS) is 11.3. The highest BCUT2D eigenvalue weighted by atomic mass is 127. The van der Waals surface area contributed by atoms with Crippen LogP contribution in [0.25, 0.3) is 0 Å². The van der Waals surface area contributed by atoms with Crippen LogP contribution in [-0.4, -0.2) is 4.43 Å². The van der Waals surface area contributed by atoms with Gasteiger partial charge in [0.05, 0.1) is 0 Å². The molecule has 0 atom stereocenters. The summed E-state index contributed by atoms with van der Waals surface area (Å²) in [7, 11) is 0. The van der Waals surface area contributed by atoms with Crippen molar-refractivity contribution in [3.8, 4) is 0 Å². The second-order valence-corrected chi connectivity index (χ2v) is 5.63. The molecular formula is C13H24BrI. The molecule has 0 fully saturated rings. The number of hydrogen-bond acceptors (Lipinski definition) is 0. The van der Waals surface area contributed by atoms with E-state index in [9.17, 15) is 0 Å². The Morgan fingerprint density at radius 2 is 1.20 bits per heavy atom. The number of allylic oxidation sites excluding steroid dienone is 1. The van der Waals surface area contributed by atoms with Crippen molar-refractivity contribution in [2.24, 2.45) is 0 Å². The minimum Gasteiger partial charge on any atom is -0.0864 e. The number of rotatable bonds is 11. The molecule has 0 unspecified atom stereocenters. The third-order valence-electron chi connectivity index (χ3n) is 2.59. The Bertz CT molecular complexity index is 134. The van der Waals surface area contributed by atoms with E-state index in [1.807, 2.05) is 4.99 Å².